The molecule has 35 heavy (non-hydrogen) atoms. The van der Waals surface area contributed by atoms with Crippen LogP contribution in [-0.4, -0.2) is 55.0 Å². The lowest BCUT2D eigenvalue weighted by atomic mass is 9.85. The average molecular weight is 481 g/mol. The predicted octanol–water partition coefficient (Wildman–Crippen LogP) is 3.69. The van der Waals surface area contributed by atoms with E-state index in [1.165, 1.54) is 7.11 Å². The van der Waals surface area contributed by atoms with Gasteiger partial charge in [0.2, 0.25) is 5.91 Å². The molecule has 1 saturated carbocycles. The van der Waals surface area contributed by atoms with Gasteiger partial charge in [0.1, 0.15) is 12.6 Å². The highest BCUT2D eigenvalue weighted by molar-refractivity contribution is 5.86. The highest BCUT2D eigenvalue weighted by atomic mass is 16.5. The molecule has 186 valence electrons. The third-order valence-corrected chi connectivity index (χ3v) is 7.11. The molecule has 2 aromatic carbocycles. The summed E-state index contributed by atoms with van der Waals surface area (Å²) < 4.78 is 10.9. The number of rotatable bonds is 8. The van der Waals surface area contributed by atoms with E-state index in [-0.39, 0.29) is 18.6 Å². The van der Waals surface area contributed by atoms with Crippen molar-refractivity contribution in [2.75, 3.05) is 13.7 Å². The average Bonchev–Trinajstić information content (AvgIpc) is 3.19. The Morgan fingerprint density at radius 2 is 1.66 bits per heavy atom. The first kappa shape index (κ1) is 24.7. The van der Waals surface area contributed by atoms with E-state index in [0.717, 1.165) is 28.7 Å². The summed E-state index contributed by atoms with van der Waals surface area (Å²) in [7, 11) is 1.46. The van der Waals surface area contributed by atoms with Crippen molar-refractivity contribution in [3.05, 3.63) is 59.7 Å². The van der Waals surface area contributed by atoms with Crippen LogP contribution >= 0.6 is 0 Å². The van der Waals surface area contributed by atoms with Gasteiger partial charge in [-0.25, -0.2) is 4.79 Å². The second-order valence-electron chi connectivity index (χ2n) is 9.30. The fourth-order valence-corrected chi connectivity index (χ4v) is 5.14. The third-order valence-electron chi connectivity index (χ3n) is 7.11. The molecule has 8 heteroatoms. The Balaban J connectivity index is 1.39. The van der Waals surface area contributed by atoms with Crippen LogP contribution in [0.1, 0.15) is 49.7 Å². The topological polar surface area (TPSA) is 114 Å². The summed E-state index contributed by atoms with van der Waals surface area (Å²) in [5.41, 5.74) is 4.47. The number of carbonyl (C=O) groups excluding carboxylic acids is 2. The summed E-state index contributed by atoms with van der Waals surface area (Å²) >= 11 is 0. The molecule has 4 rings (SSSR count). The molecule has 3 N–H and O–H groups in total. The first-order chi connectivity index (χ1) is 16.9. The minimum atomic E-state index is -0.971. The molecule has 2 aliphatic rings. The van der Waals surface area contributed by atoms with E-state index < -0.39 is 36.0 Å². The highest BCUT2D eigenvalue weighted by Crippen LogP contribution is 2.44. The molecule has 4 unspecified atom stereocenters. The van der Waals surface area contributed by atoms with Gasteiger partial charge in [-0.15, -0.1) is 0 Å². The number of benzene rings is 2. The van der Waals surface area contributed by atoms with E-state index in [4.69, 9.17) is 9.47 Å². The smallest absolute Gasteiger partial charge is 0.407 e. The Morgan fingerprint density at radius 3 is 2.26 bits per heavy atom. The number of carbonyl (C=O) groups is 3. The van der Waals surface area contributed by atoms with Gasteiger partial charge in [-0.3, -0.25) is 9.59 Å². The normalized spacial score (nSPS) is 20.7. The molecular formula is C27H32N2O6. The zero-order valence-corrected chi connectivity index (χ0v) is 20.0. The van der Waals surface area contributed by atoms with Crippen LogP contribution in [0.15, 0.2) is 48.5 Å². The van der Waals surface area contributed by atoms with E-state index in [1.54, 1.807) is 6.92 Å². The van der Waals surface area contributed by atoms with E-state index in [9.17, 15) is 19.5 Å². The number of fused-ring (bicyclic) bond motifs is 3. The van der Waals surface area contributed by atoms with Crippen molar-refractivity contribution < 1.29 is 29.0 Å². The summed E-state index contributed by atoms with van der Waals surface area (Å²) in [6, 6.07) is 14.9. The van der Waals surface area contributed by atoms with Gasteiger partial charge in [-0.2, -0.15) is 0 Å². The van der Waals surface area contributed by atoms with Crippen LogP contribution < -0.4 is 10.6 Å². The molecule has 1 fully saturated rings. The quantitative estimate of drug-likeness (QED) is 0.531. The SMILES string of the molecule is COC(C)C(NC(=O)OCC1c2ccccc2-c2ccccc21)C(=O)NC1CCCC(C(=O)O)C1. The van der Waals surface area contributed by atoms with Crippen LogP contribution in [0.25, 0.3) is 11.1 Å². The van der Waals surface area contributed by atoms with Crippen LogP contribution in [0, 0.1) is 5.92 Å². The number of alkyl carbamates (subject to hydrolysis) is 1. The summed E-state index contributed by atoms with van der Waals surface area (Å²) in [5.74, 6) is -1.82. The highest BCUT2D eigenvalue weighted by Gasteiger charge is 2.34. The molecule has 0 aliphatic heterocycles. The van der Waals surface area contributed by atoms with Gasteiger partial charge in [0.25, 0.3) is 0 Å². The number of nitrogens with one attached hydrogen (secondary N) is 2. The lowest BCUT2D eigenvalue weighted by molar-refractivity contribution is -0.143. The number of hydrogen-bond acceptors (Lipinski definition) is 5. The van der Waals surface area contributed by atoms with Gasteiger partial charge in [-0.1, -0.05) is 55.0 Å². The number of methoxy groups -OCH3 is 1. The van der Waals surface area contributed by atoms with Crippen molar-refractivity contribution in [1.29, 1.82) is 0 Å². The molecule has 0 heterocycles. The minimum absolute atomic E-state index is 0.0875. The van der Waals surface area contributed by atoms with Crippen LogP contribution in [0.4, 0.5) is 4.79 Å². The number of carboxylic acids is 1. The summed E-state index contributed by atoms with van der Waals surface area (Å²) in [5, 5.41) is 14.9. The largest absolute Gasteiger partial charge is 0.481 e. The van der Waals surface area contributed by atoms with Gasteiger partial charge in [0.15, 0.2) is 0 Å². The fraction of sp³-hybridized carbons (Fsp3) is 0.444. The number of carboxylic acid groups (broad SMARTS) is 1. The van der Waals surface area contributed by atoms with Crippen LogP contribution in [0.2, 0.25) is 0 Å². The van der Waals surface area contributed by atoms with Crippen molar-refractivity contribution >= 4 is 18.0 Å². The van der Waals surface area contributed by atoms with Crippen molar-refractivity contribution in [1.82, 2.24) is 10.6 Å². The van der Waals surface area contributed by atoms with E-state index in [2.05, 4.69) is 22.8 Å². The summed E-state index contributed by atoms with van der Waals surface area (Å²) in [6.45, 7) is 1.83. The Kier molecular flexibility index (Phi) is 7.70. The van der Waals surface area contributed by atoms with Gasteiger partial charge >= 0.3 is 12.1 Å². The number of ether oxygens (including phenoxy) is 2. The number of amides is 2. The Labute approximate surface area is 205 Å². The summed E-state index contributed by atoms with van der Waals surface area (Å²) in [6.07, 6.45) is 1.11. The van der Waals surface area contributed by atoms with E-state index in [0.29, 0.717) is 19.3 Å². The summed E-state index contributed by atoms with van der Waals surface area (Å²) in [4.78, 5) is 37.1. The molecule has 8 nitrogen and oxygen atoms in total. The van der Waals surface area contributed by atoms with Crippen molar-refractivity contribution in [2.45, 2.75) is 56.7 Å². The monoisotopic (exact) mass is 480 g/mol. The van der Waals surface area contributed by atoms with Gasteiger partial charge < -0.3 is 25.2 Å². The van der Waals surface area contributed by atoms with Crippen molar-refractivity contribution in [3.63, 3.8) is 0 Å². The van der Waals surface area contributed by atoms with Crippen LogP contribution in [-0.2, 0) is 19.1 Å². The van der Waals surface area contributed by atoms with Gasteiger partial charge in [0, 0.05) is 19.1 Å². The van der Waals surface area contributed by atoms with Crippen LogP contribution in [0.5, 0.6) is 0 Å². The standard InChI is InChI=1S/C27H32N2O6/c1-16(34-2)24(25(30)28-18-9-7-8-17(14-18)26(31)32)29-27(33)35-15-23-21-12-5-3-10-19(21)20-11-4-6-13-22(20)23/h3-6,10-13,16-18,23-24H,7-9,14-15H2,1-2H3,(H,28,30)(H,29,33)(H,31,32). The molecule has 2 aliphatic carbocycles. The van der Waals surface area contributed by atoms with Gasteiger partial charge in [0.05, 0.1) is 12.0 Å². The molecular weight excluding hydrogens is 448 g/mol. The zero-order chi connectivity index (χ0) is 24.9. The van der Waals surface area contributed by atoms with Gasteiger partial charge in [-0.05, 0) is 48.4 Å². The first-order valence-corrected chi connectivity index (χ1v) is 12.1. The molecule has 4 atom stereocenters. The van der Waals surface area contributed by atoms with E-state index in [1.807, 2.05) is 36.4 Å². The molecule has 0 saturated heterocycles. The Hall–Kier alpha value is -3.39. The molecule has 0 radical (unpaired) electrons. The van der Waals surface area contributed by atoms with Crippen molar-refractivity contribution in [3.8, 4) is 11.1 Å². The predicted molar refractivity (Wildman–Crippen MR) is 130 cm³/mol. The Morgan fingerprint density at radius 1 is 1.03 bits per heavy atom. The van der Waals surface area contributed by atoms with Crippen LogP contribution in [0.3, 0.4) is 0 Å². The molecule has 0 spiro atoms. The van der Waals surface area contributed by atoms with E-state index >= 15 is 0 Å². The Bertz CT molecular complexity index is 1040. The lowest BCUT2D eigenvalue weighted by Crippen LogP contribution is -2.55. The molecule has 2 aromatic rings. The molecule has 0 aromatic heterocycles. The number of aliphatic carboxylic acids is 1. The van der Waals surface area contributed by atoms with Crippen molar-refractivity contribution in [2.24, 2.45) is 5.92 Å². The third kappa shape index (κ3) is 5.48. The fourth-order valence-electron chi connectivity index (χ4n) is 5.14. The molecule has 0 bridgehead atoms. The second-order valence-corrected chi connectivity index (χ2v) is 9.30. The lowest BCUT2D eigenvalue weighted by Gasteiger charge is -2.30. The maximum atomic E-state index is 13.0. The minimum Gasteiger partial charge on any atom is -0.481 e. The first-order valence-electron chi connectivity index (χ1n) is 12.1. The maximum Gasteiger partial charge on any atom is 0.407 e. The maximum absolute atomic E-state index is 13.0. The second kappa shape index (κ2) is 10.9. The molecule has 2 amide bonds. The zero-order valence-electron chi connectivity index (χ0n) is 20.0. The number of hydrogen-bond donors (Lipinski definition) is 3.